The van der Waals surface area contributed by atoms with E-state index in [0.717, 1.165) is 30.1 Å². The van der Waals surface area contributed by atoms with E-state index in [4.69, 9.17) is 4.74 Å². The van der Waals surface area contributed by atoms with E-state index in [0.29, 0.717) is 11.5 Å². The van der Waals surface area contributed by atoms with Crippen LogP contribution in [0.3, 0.4) is 0 Å². The fraction of sp³-hybridized carbons (Fsp3) is 0.300. The van der Waals surface area contributed by atoms with E-state index >= 15 is 0 Å². The van der Waals surface area contributed by atoms with Crippen LogP contribution in [0.1, 0.15) is 18.4 Å². The molecule has 144 valence electrons. The Balaban J connectivity index is 1.47. The lowest BCUT2D eigenvalue weighted by molar-refractivity contribution is -0.115. The number of nitrogens with one attached hydrogen (secondary N) is 1. The highest BCUT2D eigenvalue weighted by Gasteiger charge is 2.18. The van der Waals surface area contributed by atoms with Gasteiger partial charge in [-0.1, -0.05) is 12.1 Å². The van der Waals surface area contributed by atoms with Crippen molar-refractivity contribution in [2.24, 2.45) is 0 Å². The molecule has 8 heteroatoms. The van der Waals surface area contributed by atoms with Gasteiger partial charge in [-0.3, -0.25) is 4.79 Å². The smallest absolute Gasteiger partial charge is 0.228 e. The molecule has 0 saturated carbocycles. The maximum absolute atomic E-state index is 12.4. The van der Waals surface area contributed by atoms with Crippen LogP contribution in [0.2, 0.25) is 0 Å². The number of hydrogen-bond donors (Lipinski definition) is 1. The van der Waals surface area contributed by atoms with Crippen LogP contribution in [0, 0.1) is 0 Å². The maximum Gasteiger partial charge on any atom is 0.228 e. The molecule has 1 aromatic carbocycles. The van der Waals surface area contributed by atoms with Crippen molar-refractivity contribution >= 4 is 17.3 Å². The number of nitrogens with zero attached hydrogens (tertiary/aromatic N) is 5. The molecule has 8 nitrogen and oxygen atoms in total. The van der Waals surface area contributed by atoms with Gasteiger partial charge in [0, 0.05) is 13.1 Å². The van der Waals surface area contributed by atoms with Gasteiger partial charge in [-0.15, -0.1) is 0 Å². The molecule has 1 fully saturated rings. The Labute approximate surface area is 163 Å². The van der Waals surface area contributed by atoms with Crippen molar-refractivity contribution < 1.29 is 9.53 Å². The van der Waals surface area contributed by atoms with E-state index in [2.05, 4.69) is 25.3 Å². The molecule has 28 heavy (non-hydrogen) atoms. The van der Waals surface area contributed by atoms with Gasteiger partial charge >= 0.3 is 0 Å². The Hall–Kier alpha value is -3.42. The minimum atomic E-state index is -0.116. The van der Waals surface area contributed by atoms with Crippen LogP contribution in [0.4, 0.5) is 11.4 Å². The molecular formula is C20H22N6O2. The standard InChI is InChI=1S/C20H22N6O2/c1-28-17-6-4-5-15(9-17)10-19(27)24-16-11-23-26(13-16)20-18(12-21-14-22-20)25-7-2-3-8-25/h4-6,9,11-14H,2-3,7-8,10H2,1H3,(H,24,27). The van der Waals surface area contributed by atoms with Crippen molar-refractivity contribution in [1.82, 2.24) is 19.7 Å². The second kappa shape index (κ2) is 8.08. The van der Waals surface area contributed by atoms with E-state index in [1.54, 1.807) is 24.2 Å². The number of carbonyl (C=O) groups is 1. The van der Waals surface area contributed by atoms with E-state index in [1.807, 2.05) is 30.5 Å². The minimum absolute atomic E-state index is 0.116. The van der Waals surface area contributed by atoms with Crippen molar-refractivity contribution in [2.75, 3.05) is 30.4 Å². The molecule has 3 aromatic rings. The summed E-state index contributed by atoms with van der Waals surface area (Å²) in [5.74, 6) is 1.33. The van der Waals surface area contributed by atoms with Gasteiger partial charge in [-0.2, -0.15) is 5.10 Å². The normalized spacial score (nSPS) is 13.5. The Bertz CT molecular complexity index is 965. The molecule has 0 radical (unpaired) electrons. The van der Waals surface area contributed by atoms with Crippen LogP contribution in [-0.4, -0.2) is 45.9 Å². The van der Waals surface area contributed by atoms with Gasteiger partial charge in [-0.05, 0) is 30.5 Å². The number of amides is 1. The third-order valence-electron chi connectivity index (χ3n) is 4.70. The Kier molecular flexibility index (Phi) is 5.18. The van der Waals surface area contributed by atoms with Crippen LogP contribution >= 0.6 is 0 Å². The first kappa shape index (κ1) is 18.0. The summed E-state index contributed by atoms with van der Waals surface area (Å²) in [6, 6.07) is 7.47. The van der Waals surface area contributed by atoms with E-state index in [9.17, 15) is 4.79 Å². The first-order chi connectivity index (χ1) is 13.7. The van der Waals surface area contributed by atoms with Crippen molar-refractivity contribution in [3.05, 3.63) is 54.7 Å². The molecule has 0 spiro atoms. The molecule has 0 unspecified atom stereocenters. The number of methoxy groups -OCH3 is 1. The molecule has 1 aliphatic heterocycles. The average molecular weight is 378 g/mol. The second-order valence-electron chi connectivity index (χ2n) is 6.68. The molecule has 0 bridgehead atoms. The zero-order valence-corrected chi connectivity index (χ0v) is 15.7. The topological polar surface area (TPSA) is 85.2 Å². The van der Waals surface area contributed by atoms with Crippen molar-refractivity contribution in [3.63, 3.8) is 0 Å². The molecule has 3 heterocycles. The van der Waals surface area contributed by atoms with Crippen molar-refractivity contribution in [1.29, 1.82) is 0 Å². The summed E-state index contributed by atoms with van der Waals surface area (Å²) < 4.78 is 6.88. The van der Waals surface area contributed by atoms with E-state index in [-0.39, 0.29) is 12.3 Å². The Morgan fingerprint density at radius 2 is 2.11 bits per heavy atom. The van der Waals surface area contributed by atoms with Crippen molar-refractivity contribution in [2.45, 2.75) is 19.3 Å². The predicted octanol–water partition coefficient (Wildman–Crippen LogP) is 2.45. The van der Waals surface area contributed by atoms with E-state index in [1.165, 1.54) is 19.2 Å². The molecule has 0 aliphatic carbocycles. The lowest BCUT2D eigenvalue weighted by Gasteiger charge is -2.19. The summed E-state index contributed by atoms with van der Waals surface area (Å²) in [6.07, 6.45) is 9.31. The monoisotopic (exact) mass is 378 g/mol. The van der Waals surface area contributed by atoms with Gasteiger partial charge in [0.1, 0.15) is 17.8 Å². The Morgan fingerprint density at radius 3 is 2.93 bits per heavy atom. The van der Waals surface area contributed by atoms with Gasteiger partial charge in [0.25, 0.3) is 0 Å². The third kappa shape index (κ3) is 3.95. The summed E-state index contributed by atoms with van der Waals surface area (Å²) in [4.78, 5) is 23.2. The number of anilines is 2. The molecule has 2 aromatic heterocycles. The highest BCUT2D eigenvalue weighted by Crippen LogP contribution is 2.25. The fourth-order valence-corrected chi connectivity index (χ4v) is 3.35. The summed E-state index contributed by atoms with van der Waals surface area (Å²) in [6.45, 7) is 1.98. The SMILES string of the molecule is COc1cccc(CC(=O)Nc2cnn(-c3ncncc3N3CCCC3)c2)c1. The minimum Gasteiger partial charge on any atom is -0.497 e. The van der Waals surface area contributed by atoms with Crippen molar-refractivity contribution in [3.8, 4) is 11.6 Å². The van der Waals surface area contributed by atoms with Crippen LogP contribution in [0.25, 0.3) is 5.82 Å². The zero-order valence-electron chi connectivity index (χ0n) is 15.7. The first-order valence-corrected chi connectivity index (χ1v) is 9.26. The number of aromatic nitrogens is 4. The van der Waals surface area contributed by atoms with Crippen LogP contribution in [-0.2, 0) is 11.2 Å². The molecule has 1 aliphatic rings. The summed E-state index contributed by atoms with van der Waals surface area (Å²) >= 11 is 0. The fourth-order valence-electron chi connectivity index (χ4n) is 3.35. The van der Waals surface area contributed by atoms with E-state index < -0.39 is 0 Å². The largest absolute Gasteiger partial charge is 0.497 e. The van der Waals surface area contributed by atoms with Gasteiger partial charge in [0.2, 0.25) is 5.91 Å². The highest BCUT2D eigenvalue weighted by atomic mass is 16.5. The van der Waals surface area contributed by atoms with Gasteiger partial charge < -0.3 is 15.0 Å². The van der Waals surface area contributed by atoms with Crippen LogP contribution in [0.5, 0.6) is 5.75 Å². The highest BCUT2D eigenvalue weighted by molar-refractivity contribution is 5.92. The predicted molar refractivity (Wildman–Crippen MR) is 106 cm³/mol. The number of carbonyl (C=O) groups excluding carboxylic acids is 1. The molecule has 4 rings (SSSR count). The van der Waals surface area contributed by atoms with Crippen LogP contribution in [0.15, 0.2) is 49.2 Å². The molecule has 1 amide bonds. The zero-order chi connectivity index (χ0) is 19.3. The van der Waals surface area contributed by atoms with Gasteiger partial charge in [0.05, 0.1) is 37.8 Å². The lowest BCUT2D eigenvalue weighted by atomic mass is 10.1. The number of rotatable bonds is 6. The molecule has 1 saturated heterocycles. The Morgan fingerprint density at radius 1 is 1.25 bits per heavy atom. The van der Waals surface area contributed by atoms with Gasteiger partial charge in [0.15, 0.2) is 5.82 Å². The molecule has 0 atom stereocenters. The van der Waals surface area contributed by atoms with Crippen LogP contribution < -0.4 is 15.0 Å². The molecule has 1 N–H and O–H groups in total. The second-order valence-corrected chi connectivity index (χ2v) is 6.68. The van der Waals surface area contributed by atoms with Gasteiger partial charge in [-0.25, -0.2) is 14.6 Å². The first-order valence-electron chi connectivity index (χ1n) is 9.26. The third-order valence-corrected chi connectivity index (χ3v) is 4.70. The summed E-state index contributed by atoms with van der Waals surface area (Å²) in [5.41, 5.74) is 2.47. The molecular weight excluding hydrogens is 356 g/mol. The number of ether oxygens (including phenoxy) is 1. The quantitative estimate of drug-likeness (QED) is 0.709. The summed E-state index contributed by atoms with van der Waals surface area (Å²) in [7, 11) is 1.61. The summed E-state index contributed by atoms with van der Waals surface area (Å²) in [5, 5.41) is 7.26. The average Bonchev–Trinajstić information content (AvgIpc) is 3.40. The number of benzene rings is 1. The number of hydrogen-bond acceptors (Lipinski definition) is 6. The maximum atomic E-state index is 12.4. The lowest BCUT2D eigenvalue weighted by Crippen LogP contribution is -2.20.